The van der Waals surface area contributed by atoms with Gasteiger partial charge in [-0.2, -0.15) is 0 Å². The van der Waals surface area contributed by atoms with Crippen molar-refractivity contribution in [3.63, 3.8) is 0 Å². The molecular formula is C4H9NaOS. The monoisotopic (exact) mass is 128 g/mol. The summed E-state index contributed by atoms with van der Waals surface area (Å²) in [6.45, 7) is 1.95. The SMILES string of the molecule is CCCC(=O)S.[H-].[Na+]. The molecular weight excluding hydrogens is 119 g/mol. The van der Waals surface area contributed by atoms with Crippen molar-refractivity contribution < 1.29 is 35.8 Å². The molecule has 0 rings (SSSR count). The van der Waals surface area contributed by atoms with Crippen molar-refractivity contribution in [1.29, 1.82) is 0 Å². The second-order valence-electron chi connectivity index (χ2n) is 1.14. The van der Waals surface area contributed by atoms with Gasteiger partial charge in [0, 0.05) is 6.42 Å². The number of rotatable bonds is 2. The zero-order chi connectivity index (χ0) is 4.99. The van der Waals surface area contributed by atoms with Crippen molar-refractivity contribution in [1.82, 2.24) is 0 Å². The van der Waals surface area contributed by atoms with Gasteiger partial charge in [-0.1, -0.05) is 6.92 Å². The van der Waals surface area contributed by atoms with E-state index in [9.17, 15) is 4.79 Å². The molecule has 0 saturated carbocycles. The second-order valence-corrected chi connectivity index (χ2v) is 1.64. The van der Waals surface area contributed by atoms with Gasteiger partial charge in [-0.25, -0.2) is 0 Å². The normalized spacial score (nSPS) is 7.14. The van der Waals surface area contributed by atoms with Gasteiger partial charge in [0.15, 0.2) is 5.12 Å². The molecule has 0 N–H and O–H groups in total. The van der Waals surface area contributed by atoms with Crippen LogP contribution in [0, 0.1) is 0 Å². The summed E-state index contributed by atoms with van der Waals surface area (Å²) in [4.78, 5) is 9.91. The third kappa shape index (κ3) is 10.9. The van der Waals surface area contributed by atoms with Gasteiger partial charge in [-0.05, 0) is 6.42 Å². The first-order chi connectivity index (χ1) is 2.77. The Balaban J connectivity index is -0.000000125. The zero-order valence-corrected chi connectivity index (χ0v) is 7.66. The number of hydrogen-bond donors (Lipinski definition) is 1. The molecule has 0 aromatic heterocycles. The Morgan fingerprint density at radius 2 is 2.29 bits per heavy atom. The van der Waals surface area contributed by atoms with Crippen molar-refractivity contribution >= 4 is 17.7 Å². The van der Waals surface area contributed by atoms with Crippen molar-refractivity contribution in [3.8, 4) is 0 Å². The van der Waals surface area contributed by atoms with E-state index in [1.165, 1.54) is 0 Å². The molecule has 7 heavy (non-hydrogen) atoms. The third-order valence-corrected chi connectivity index (χ3v) is 0.687. The summed E-state index contributed by atoms with van der Waals surface area (Å²) in [5.74, 6) is 0. The molecule has 0 aliphatic rings. The van der Waals surface area contributed by atoms with Crippen LogP contribution in [0.5, 0.6) is 0 Å². The van der Waals surface area contributed by atoms with Gasteiger partial charge in [0.05, 0.1) is 0 Å². The van der Waals surface area contributed by atoms with Crippen LogP contribution in [0.25, 0.3) is 0 Å². The molecule has 0 atom stereocenters. The Morgan fingerprint density at radius 3 is 2.29 bits per heavy atom. The van der Waals surface area contributed by atoms with Crippen LogP contribution in [0.3, 0.4) is 0 Å². The van der Waals surface area contributed by atoms with Gasteiger partial charge in [-0.3, -0.25) is 4.79 Å². The molecule has 0 fully saturated rings. The molecule has 0 amide bonds. The van der Waals surface area contributed by atoms with E-state index in [0.29, 0.717) is 6.42 Å². The minimum absolute atomic E-state index is 0. The Bertz CT molecular complexity index is 60.0. The van der Waals surface area contributed by atoms with Gasteiger partial charge >= 0.3 is 29.6 Å². The molecule has 0 aliphatic heterocycles. The van der Waals surface area contributed by atoms with Crippen molar-refractivity contribution in [2.24, 2.45) is 0 Å². The smallest absolute Gasteiger partial charge is 1.00 e. The van der Waals surface area contributed by atoms with E-state index in [2.05, 4.69) is 12.6 Å². The van der Waals surface area contributed by atoms with Crippen molar-refractivity contribution in [3.05, 3.63) is 0 Å². The quantitative estimate of drug-likeness (QED) is 0.348. The molecule has 0 radical (unpaired) electrons. The summed E-state index contributed by atoms with van der Waals surface area (Å²) in [5.41, 5.74) is 0. The van der Waals surface area contributed by atoms with E-state index in [4.69, 9.17) is 0 Å². The van der Waals surface area contributed by atoms with Crippen LogP contribution in [0.4, 0.5) is 0 Å². The van der Waals surface area contributed by atoms with Gasteiger partial charge in [-0.15, -0.1) is 12.6 Å². The predicted molar refractivity (Wildman–Crippen MR) is 30.0 cm³/mol. The minimum Gasteiger partial charge on any atom is -1.00 e. The standard InChI is InChI=1S/C4H8OS.Na.H/c1-2-3-4(5)6;;/h2-3H2,1H3,(H,5,6);;/q;+1;-1. The molecule has 0 saturated heterocycles. The number of carbonyl (C=O) groups excluding carboxylic acids is 1. The fourth-order valence-electron chi connectivity index (χ4n) is 0.214. The fraction of sp³-hybridized carbons (Fsp3) is 0.750. The average molecular weight is 128 g/mol. The summed E-state index contributed by atoms with van der Waals surface area (Å²) in [5, 5.41) is -0.0162. The molecule has 0 bridgehead atoms. The first-order valence-corrected chi connectivity index (χ1v) is 2.44. The van der Waals surface area contributed by atoms with Gasteiger partial charge in [0.1, 0.15) is 0 Å². The maximum absolute atomic E-state index is 9.91. The first-order valence-electron chi connectivity index (χ1n) is 1.99. The predicted octanol–water partition coefficient (Wildman–Crippen LogP) is -1.64. The average Bonchev–Trinajstić information content (AvgIpc) is 1.35. The van der Waals surface area contributed by atoms with Crippen LogP contribution in [-0.4, -0.2) is 5.12 Å². The molecule has 1 nitrogen and oxygen atoms in total. The Kier molecular flexibility index (Phi) is 10.9. The van der Waals surface area contributed by atoms with E-state index in [0.717, 1.165) is 6.42 Å². The summed E-state index contributed by atoms with van der Waals surface area (Å²) >= 11 is 3.54. The van der Waals surface area contributed by atoms with Crippen LogP contribution in [0.1, 0.15) is 21.2 Å². The van der Waals surface area contributed by atoms with Crippen molar-refractivity contribution in [2.75, 3.05) is 0 Å². The number of thiol groups is 1. The molecule has 0 unspecified atom stereocenters. The van der Waals surface area contributed by atoms with Gasteiger partial charge < -0.3 is 1.43 Å². The van der Waals surface area contributed by atoms with E-state index in [-0.39, 0.29) is 36.1 Å². The van der Waals surface area contributed by atoms with E-state index in [1.54, 1.807) is 0 Å². The molecule has 0 heterocycles. The molecule has 0 aromatic rings. The van der Waals surface area contributed by atoms with Crippen LogP contribution in [0.2, 0.25) is 0 Å². The maximum atomic E-state index is 9.91. The summed E-state index contributed by atoms with van der Waals surface area (Å²) in [6.07, 6.45) is 1.51. The second kappa shape index (κ2) is 7.02. The number of carbonyl (C=O) groups is 1. The van der Waals surface area contributed by atoms with E-state index in [1.807, 2.05) is 6.92 Å². The van der Waals surface area contributed by atoms with Gasteiger partial charge in [0.2, 0.25) is 0 Å². The first kappa shape index (κ1) is 10.9. The van der Waals surface area contributed by atoms with Crippen LogP contribution in [-0.2, 0) is 4.79 Å². The summed E-state index contributed by atoms with van der Waals surface area (Å²) in [7, 11) is 0. The van der Waals surface area contributed by atoms with Crippen LogP contribution >= 0.6 is 12.6 Å². The van der Waals surface area contributed by atoms with Crippen molar-refractivity contribution in [2.45, 2.75) is 19.8 Å². The largest absolute Gasteiger partial charge is 1.00 e. The Labute approximate surface area is 73.0 Å². The molecule has 0 aliphatic carbocycles. The summed E-state index contributed by atoms with van der Waals surface area (Å²) < 4.78 is 0. The Morgan fingerprint density at radius 1 is 1.86 bits per heavy atom. The fourth-order valence-corrected chi connectivity index (χ4v) is 0.437. The van der Waals surface area contributed by atoms with E-state index >= 15 is 0 Å². The molecule has 38 valence electrons. The maximum Gasteiger partial charge on any atom is 1.00 e. The molecule has 3 heteroatoms. The minimum atomic E-state index is -0.0162. The van der Waals surface area contributed by atoms with Gasteiger partial charge in [0.25, 0.3) is 0 Å². The number of hydrogen-bond acceptors (Lipinski definition) is 1. The van der Waals surface area contributed by atoms with Crippen LogP contribution < -0.4 is 29.6 Å². The molecule has 0 spiro atoms. The van der Waals surface area contributed by atoms with E-state index < -0.39 is 0 Å². The molecule has 0 aromatic carbocycles. The zero-order valence-electron chi connectivity index (χ0n) is 5.77. The Hall–Kier alpha value is 1.02. The topological polar surface area (TPSA) is 17.1 Å². The van der Waals surface area contributed by atoms with Crippen LogP contribution in [0.15, 0.2) is 0 Å². The third-order valence-electron chi connectivity index (χ3n) is 0.464. The summed E-state index contributed by atoms with van der Waals surface area (Å²) in [6, 6.07) is 0.